The molecular weight excluding hydrogens is 712 g/mol. The third kappa shape index (κ3) is 6.67. The van der Waals surface area contributed by atoms with Gasteiger partial charge in [0.05, 0.1) is 22.9 Å². The third-order valence-electron chi connectivity index (χ3n) is 11.9. The number of hydrogen-bond acceptors (Lipinski definition) is 9. The Hall–Kier alpha value is -5.45. The summed E-state index contributed by atoms with van der Waals surface area (Å²) in [6, 6.07) is 7.16. The number of anilines is 2. The van der Waals surface area contributed by atoms with Crippen LogP contribution in [0.25, 0.3) is 16.7 Å². The monoisotopic (exact) mass is 757 g/mol. The number of nitrogens with one attached hydrogen (secondary N) is 2. The van der Waals surface area contributed by atoms with Gasteiger partial charge in [-0.25, -0.2) is 28.1 Å². The Morgan fingerprint density at radius 2 is 1.78 bits per heavy atom. The zero-order valence-corrected chi connectivity index (χ0v) is 31.1. The quantitative estimate of drug-likeness (QED) is 0.211. The number of fused-ring (bicyclic) bond motifs is 2. The molecule has 1 aliphatic carbocycles. The highest BCUT2D eigenvalue weighted by atomic mass is 19.3. The number of rotatable bonds is 9. The van der Waals surface area contributed by atoms with Gasteiger partial charge >= 0.3 is 5.69 Å². The minimum atomic E-state index is -2.82. The van der Waals surface area contributed by atoms with Crippen LogP contribution in [0.1, 0.15) is 91.6 Å². The molecule has 3 fully saturated rings. The van der Waals surface area contributed by atoms with Crippen LogP contribution in [0.3, 0.4) is 0 Å². The van der Waals surface area contributed by atoms with Gasteiger partial charge in [0.2, 0.25) is 11.8 Å². The molecule has 6 heterocycles. The molecule has 0 radical (unpaired) electrons. The van der Waals surface area contributed by atoms with Gasteiger partial charge in [0.25, 0.3) is 12.3 Å². The van der Waals surface area contributed by atoms with Crippen LogP contribution in [-0.4, -0.2) is 88.6 Å². The second kappa shape index (κ2) is 14.7. The lowest BCUT2D eigenvalue weighted by Crippen LogP contribution is -2.45. The van der Waals surface area contributed by atoms with E-state index in [1.807, 2.05) is 18.2 Å². The van der Waals surface area contributed by atoms with Gasteiger partial charge < -0.3 is 19.7 Å². The molecule has 3 aliphatic rings. The Balaban J connectivity index is 0.881. The van der Waals surface area contributed by atoms with Crippen molar-refractivity contribution in [3.8, 4) is 0 Å². The number of carbonyl (C=O) groups excluding carboxylic acids is 3. The van der Waals surface area contributed by atoms with Gasteiger partial charge in [-0.3, -0.25) is 28.8 Å². The summed E-state index contributed by atoms with van der Waals surface area (Å²) in [5, 5.41) is 9.11. The average Bonchev–Trinajstić information content (AvgIpc) is 3.83. The van der Waals surface area contributed by atoms with Gasteiger partial charge in [-0.05, 0) is 76.1 Å². The van der Waals surface area contributed by atoms with Crippen LogP contribution in [0.15, 0.2) is 47.7 Å². The molecule has 3 amide bonds. The molecule has 5 aromatic rings. The second-order valence-corrected chi connectivity index (χ2v) is 15.2. The maximum atomic E-state index is 14.3. The fraction of sp³-hybridized carbons (Fsp3) is 0.500. The van der Waals surface area contributed by atoms with Crippen molar-refractivity contribution >= 4 is 45.9 Å². The largest absolute Gasteiger partial charge is 0.370 e. The van der Waals surface area contributed by atoms with Crippen LogP contribution in [0.5, 0.6) is 0 Å². The number of carbonyl (C=O) groups is 3. The fourth-order valence-corrected chi connectivity index (χ4v) is 9.01. The van der Waals surface area contributed by atoms with Crippen molar-refractivity contribution in [1.82, 2.24) is 43.5 Å². The normalized spacial score (nSPS) is 21.3. The molecule has 17 heteroatoms. The standard InChI is InChI=1S/C38H45F2N11O4/c1-46(24-14-18-49(19-15-24)26-6-4-7-27-30(26)48(3)38(55)51(27)28-12-13-29(52)43-37(28)54)21-22-8-10-23(11-9-22)34-44-33(31(32(39)40)47(34)2)45-36(53)25-20-42-50-17-5-16-41-35(25)50/h4-7,16-17,20,22-24,28,32H,8-15,18-19,21H2,1-3H3,(H,45,53)(H,43,52,54)/t22-,23-,28?. The van der Waals surface area contributed by atoms with Crippen LogP contribution in [0.4, 0.5) is 20.3 Å². The maximum Gasteiger partial charge on any atom is 0.329 e. The molecule has 55 heavy (non-hydrogen) atoms. The minimum Gasteiger partial charge on any atom is -0.370 e. The van der Waals surface area contributed by atoms with Crippen molar-refractivity contribution in [3.05, 3.63) is 70.4 Å². The molecule has 1 aromatic carbocycles. The van der Waals surface area contributed by atoms with E-state index in [0.717, 1.165) is 69.4 Å². The number of imide groups is 1. The van der Waals surface area contributed by atoms with Crippen LogP contribution in [0, 0.1) is 5.92 Å². The van der Waals surface area contributed by atoms with Gasteiger partial charge in [0, 0.05) is 64.5 Å². The van der Waals surface area contributed by atoms with Crippen LogP contribution in [-0.2, 0) is 23.7 Å². The molecule has 290 valence electrons. The van der Waals surface area contributed by atoms with Crippen LogP contribution >= 0.6 is 0 Å². The molecule has 0 spiro atoms. The van der Waals surface area contributed by atoms with Gasteiger partial charge in [0.15, 0.2) is 11.5 Å². The van der Waals surface area contributed by atoms with Gasteiger partial charge in [0.1, 0.15) is 23.1 Å². The summed E-state index contributed by atoms with van der Waals surface area (Å²) in [6.45, 7) is 2.57. The highest BCUT2D eigenvalue weighted by molar-refractivity contribution is 6.08. The summed E-state index contributed by atoms with van der Waals surface area (Å²) >= 11 is 0. The molecule has 1 atom stereocenters. The molecule has 15 nitrogen and oxygen atoms in total. The number of piperidine rings is 2. The summed E-state index contributed by atoms with van der Waals surface area (Å²) in [7, 11) is 5.51. The lowest BCUT2D eigenvalue weighted by molar-refractivity contribution is -0.135. The summed E-state index contributed by atoms with van der Waals surface area (Å²) in [6.07, 6.45) is 7.65. The Labute approximate surface area is 315 Å². The lowest BCUT2D eigenvalue weighted by atomic mass is 9.81. The summed E-state index contributed by atoms with van der Waals surface area (Å²) in [5.41, 5.74) is 2.35. The van der Waals surface area contributed by atoms with E-state index in [1.54, 1.807) is 30.9 Å². The van der Waals surface area contributed by atoms with E-state index in [4.69, 9.17) is 0 Å². The van der Waals surface area contributed by atoms with E-state index in [1.165, 1.54) is 26.0 Å². The lowest BCUT2D eigenvalue weighted by Gasteiger charge is -2.40. The van der Waals surface area contributed by atoms with E-state index >= 15 is 0 Å². The molecule has 2 N–H and O–H groups in total. The van der Waals surface area contributed by atoms with Gasteiger partial charge in [-0.2, -0.15) is 5.10 Å². The van der Waals surface area contributed by atoms with Gasteiger partial charge in [-0.15, -0.1) is 0 Å². The van der Waals surface area contributed by atoms with E-state index < -0.39 is 24.3 Å². The van der Waals surface area contributed by atoms with Crippen molar-refractivity contribution < 1.29 is 23.2 Å². The number of para-hydroxylation sites is 1. The van der Waals surface area contributed by atoms with E-state index in [2.05, 4.69) is 42.5 Å². The Morgan fingerprint density at radius 1 is 1.02 bits per heavy atom. The average molecular weight is 758 g/mol. The molecule has 0 bridgehead atoms. The molecule has 1 saturated carbocycles. The number of halogens is 2. The summed E-state index contributed by atoms with van der Waals surface area (Å²) < 4.78 is 34.7. The number of nitrogens with zero attached hydrogens (tertiary/aromatic N) is 9. The minimum absolute atomic E-state index is 0.000109. The predicted octanol–water partition coefficient (Wildman–Crippen LogP) is 4.16. The highest BCUT2D eigenvalue weighted by Crippen LogP contribution is 2.39. The van der Waals surface area contributed by atoms with Crippen molar-refractivity contribution in [2.24, 2.45) is 20.0 Å². The van der Waals surface area contributed by atoms with E-state index in [9.17, 15) is 28.0 Å². The van der Waals surface area contributed by atoms with E-state index in [0.29, 0.717) is 35.4 Å². The highest BCUT2D eigenvalue weighted by Gasteiger charge is 2.34. The summed E-state index contributed by atoms with van der Waals surface area (Å²) in [4.78, 5) is 64.6. The smallest absolute Gasteiger partial charge is 0.329 e. The fourth-order valence-electron chi connectivity index (χ4n) is 9.01. The third-order valence-corrected chi connectivity index (χ3v) is 11.9. The Kier molecular flexibility index (Phi) is 9.73. The van der Waals surface area contributed by atoms with Gasteiger partial charge in [-0.1, -0.05) is 6.07 Å². The molecule has 1 unspecified atom stereocenters. The molecule has 2 aliphatic heterocycles. The first-order valence-electron chi connectivity index (χ1n) is 18.9. The predicted molar refractivity (Wildman–Crippen MR) is 200 cm³/mol. The first-order valence-corrected chi connectivity index (χ1v) is 18.9. The molecule has 2 saturated heterocycles. The topological polar surface area (TPSA) is 157 Å². The van der Waals surface area contributed by atoms with Crippen molar-refractivity contribution in [3.63, 3.8) is 0 Å². The zero-order valence-electron chi connectivity index (χ0n) is 31.1. The number of benzene rings is 1. The Morgan fingerprint density at radius 3 is 2.51 bits per heavy atom. The molecule has 8 rings (SSSR count). The SMILES string of the molecule is CN(C[C@H]1CC[C@H](c2nc(NC(=O)c3cnn4cccnc34)c(C(F)F)n2C)CC1)C1CCN(c2cccc3c2n(C)c(=O)n3C2CCC(=O)NC2=O)CC1. The number of aryl methyl sites for hydroxylation is 1. The first-order chi connectivity index (χ1) is 26.5. The van der Waals surface area contributed by atoms with Crippen molar-refractivity contribution in [2.45, 2.75) is 75.8 Å². The number of aromatic nitrogens is 7. The zero-order chi connectivity index (χ0) is 38.5. The Bertz CT molecular complexity index is 2330. The first kappa shape index (κ1) is 36.5. The maximum absolute atomic E-state index is 14.3. The van der Waals surface area contributed by atoms with Crippen LogP contribution in [0.2, 0.25) is 0 Å². The van der Waals surface area contributed by atoms with Crippen molar-refractivity contribution in [2.75, 3.05) is 36.9 Å². The number of alkyl halides is 2. The number of hydrogen-bond donors (Lipinski definition) is 2. The molecule has 4 aromatic heterocycles. The van der Waals surface area contributed by atoms with Crippen LogP contribution < -0.4 is 21.2 Å². The van der Waals surface area contributed by atoms with E-state index in [-0.39, 0.29) is 41.0 Å². The van der Waals surface area contributed by atoms with Crippen molar-refractivity contribution in [1.29, 1.82) is 0 Å². The summed E-state index contributed by atoms with van der Waals surface area (Å²) in [5.74, 6) is -0.465. The number of imidazole rings is 2. The number of amides is 3. The second-order valence-electron chi connectivity index (χ2n) is 15.2. The molecular formula is C38H45F2N11O4.